The lowest BCUT2D eigenvalue weighted by atomic mass is 9.47. The molecule has 4 aliphatic rings. The Morgan fingerprint density at radius 1 is 1.09 bits per heavy atom. The lowest BCUT2D eigenvalue weighted by Crippen LogP contribution is -2.51. The van der Waals surface area contributed by atoms with Gasteiger partial charge in [-0.25, -0.2) is 4.18 Å². The molecule has 0 aromatic carbocycles. The van der Waals surface area contributed by atoms with Gasteiger partial charge in [0.1, 0.15) is 0 Å². The van der Waals surface area contributed by atoms with Crippen molar-refractivity contribution in [2.45, 2.75) is 105 Å². The number of hydrogen-bond acceptors (Lipinski definition) is 4. The van der Waals surface area contributed by atoms with E-state index in [0.29, 0.717) is 47.8 Å². The molecule has 4 aliphatic carbocycles. The largest absolute Gasteiger partial charge is 0.481 e. The summed E-state index contributed by atoms with van der Waals surface area (Å²) in [6.45, 7) is 11.3. The lowest BCUT2D eigenvalue weighted by Gasteiger charge is -2.58. The zero-order chi connectivity index (χ0) is 25.8. The fourth-order valence-corrected chi connectivity index (χ4v) is 9.75. The summed E-state index contributed by atoms with van der Waals surface area (Å²) in [7, 11) is -4.42. The van der Waals surface area contributed by atoms with Crippen molar-refractivity contribution in [1.29, 1.82) is 0 Å². The second-order valence-corrected chi connectivity index (χ2v) is 14.2. The van der Waals surface area contributed by atoms with Crippen LogP contribution < -0.4 is 0 Å². The van der Waals surface area contributed by atoms with Gasteiger partial charge in [0.15, 0.2) is 0 Å². The molecule has 200 valence electrons. The van der Waals surface area contributed by atoms with E-state index in [9.17, 15) is 18.3 Å². The topological polar surface area (TPSA) is 101 Å². The third-order valence-electron chi connectivity index (χ3n) is 11.1. The van der Waals surface area contributed by atoms with Gasteiger partial charge in [0.2, 0.25) is 0 Å². The molecule has 0 amide bonds. The molecule has 0 heterocycles. The van der Waals surface area contributed by atoms with E-state index < -0.39 is 22.5 Å². The van der Waals surface area contributed by atoms with E-state index in [2.05, 4.69) is 26.8 Å². The highest BCUT2D eigenvalue weighted by atomic mass is 32.3. The van der Waals surface area contributed by atoms with Crippen molar-refractivity contribution in [1.82, 2.24) is 0 Å². The summed E-state index contributed by atoms with van der Waals surface area (Å²) < 4.78 is 36.6. The van der Waals surface area contributed by atoms with Gasteiger partial charge in [-0.2, -0.15) is 8.42 Å². The third kappa shape index (κ3) is 5.11. The van der Waals surface area contributed by atoms with Crippen molar-refractivity contribution in [2.75, 3.05) is 0 Å². The van der Waals surface area contributed by atoms with Crippen LogP contribution in [0.1, 0.15) is 98.8 Å². The van der Waals surface area contributed by atoms with Crippen LogP contribution in [-0.4, -0.2) is 30.2 Å². The van der Waals surface area contributed by atoms with E-state index in [0.717, 1.165) is 25.7 Å². The molecular weight excluding hydrogens is 464 g/mol. The first-order valence-corrected chi connectivity index (χ1v) is 15.2. The first-order chi connectivity index (χ1) is 16.3. The number of carboxylic acid groups (broad SMARTS) is 1. The van der Waals surface area contributed by atoms with Crippen molar-refractivity contribution in [3.05, 3.63) is 11.6 Å². The minimum absolute atomic E-state index is 0.0962. The first kappa shape index (κ1) is 27.1. The highest BCUT2D eigenvalue weighted by Gasteiger charge is 2.59. The van der Waals surface area contributed by atoms with Crippen LogP contribution in [0, 0.1) is 52.3 Å². The minimum Gasteiger partial charge on any atom is -0.481 e. The molecule has 0 bridgehead atoms. The molecule has 35 heavy (non-hydrogen) atoms. The van der Waals surface area contributed by atoms with Crippen LogP contribution in [0.5, 0.6) is 0 Å². The van der Waals surface area contributed by atoms with E-state index >= 15 is 0 Å². The standard InChI is InChI=1S/C28H46O6S/c1-17(2)21(26(29)30)8-6-18(3)23-10-11-24-22-9-7-19-16-20(34-35(31,32)33)12-14-27(19,4)25(22)13-15-28(23,24)5/h7,17-18,20-25H,6,8-16H2,1-5H3,(H,29,30)(H,31,32,33)/t18-,20+,21?,22+,23-,24+,25+,27+,28-/m1/s1. The number of carbonyl (C=O) groups is 1. The summed E-state index contributed by atoms with van der Waals surface area (Å²) in [5, 5.41) is 9.62. The predicted molar refractivity (Wildman–Crippen MR) is 136 cm³/mol. The number of carboxylic acids is 1. The monoisotopic (exact) mass is 510 g/mol. The Balaban J connectivity index is 1.46. The van der Waals surface area contributed by atoms with E-state index in [1.54, 1.807) is 0 Å². The van der Waals surface area contributed by atoms with Crippen LogP contribution in [0.3, 0.4) is 0 Å². The maximum absolute atomic E-state index is 11.7. The quantitative estimate of drug-likeness (QED) is 0.284. The van der Waals surface area contributed by atoms with Gasteiger partial charge in [-0.15, -0.1) is 0 Å². The number of hydrogen-bond donors (Lipinski definition) is 2. The zero-order valence-corrected chi connectivity index (χ0v) is 23.0. The summed E-state index contributed by atoms with van der Waals surface area (Å²) in [5.74, 6) is 2.46. The van der Waals surface area contributed by atoms with E-state index in [-0.39, 0.29) is 17.3 Å². The second kappa shape index (κ2) is 9.75. The smallest absolute Gasteiger partial charge is 0.397 e. The molecule has 3 fully saturated rings. The van der Waals surface area contributed by atoms with Gasteiger partial charge < -0.3 is 5.11 Å². The second-order valence-electron chi connectivity index (χ2n) is 13.1. The molecule has 2 N–H and O–H groups in total. The van der Waals surface area contributed by atoms with Crippen LogP contribution in [0.4, 0.5) is 0 Å². The summed E-state index contributed by atoms with van der Waals surface area (Å²) in [6, 6.07) is 0. The Hall–Kier alpha value is -0.920. The van der Waals surface area contributed by atoms with Crippen molar-refractivity contribution in [3.63, 3.8) is 0 Å². The van der Waals surface area contributed by atoms with Crippen LogP contribution in [-0.2, 0) is 19.4 Å². The van der Waals surface area contributed by atoms with Gasteiger partial charge in [-0.3, -0.25) is 9.35 Å². The molecule has 1 unspecified atom stereocenters. The zero-order valence-electron chi connectivity index (χ0n) is 22.2. The SMILES string of the molecule is CC(C)C(CC[C@@H](C)[C@H]1CC[C@H]2[C@@H]3CC=C4C[C@@H](OS(=O)(=O)O)CC[C@]4(C)[C@H]3CC[C@]12C)C(=O)O. The van der Waals surface area contributed by atoms with Crippen molar-refractivity contribution >= 4 is 16.4 Å². The van der Waals surface area contributed by atoms with Crippen LogP contribution in [0.2, 0.25) is 0 Å². The van der Waals surface area contributed by atoms with E-state index in [1.807, 2.05) is 13.8 Å². The van der Waals surface area contributed by atoms with Gasteiger partial charge in [0, 0.05) is 0 Å². The maximum Gasteiger partial charge on any atom is 0.397 e. The van der Waals surface area contributed by atoms with E-state index in [1.165, 1.54) is 31.3 Å². The molecule has 3 saturated carbocycles. The highest BCUT2D eigenvalue weighted by Crippen LogP contribution is 2.67. The van der Waals surface area contributed by atoms with Crippen molar-refractivity contribution < 1.29 is 27.1 Å². The first-order valence-electron chi connectivity index (χ1n) is 13.8. The van der Waals surface area contributed by atoms with Gasteiger partial charge in [-0.05, 0) is 111 Å². The molecule has 0 aliphatic heterocycles. The Morgan fingerprint density at radius 2 is 1.80 bits per heavy atom. The third-order valence-corrected chi connectivity index (χ3v) is 11.6. The number of aliphatic carboxylic acids is 1. The molecule has 0 radical (unpaired) electrons. The molecule has 9 atom stereocenters. The molecule has 6 nitrogen and oxygen atoms in total. The molecule has 7 heteroatoms. The molecule has 0 spiro atoms. The Morgan fingerprint density at radius 3 is 2.43 bits per heavy atom. The Labute approximate surface area is 212 Å². The summed E-state index contributed by atoms with van der Waals surface area (Å²) in [4.78, 5) is 11.7. The Kier molecular flexibility index (Phi) is 7.56. The number of fused-ring (bicyclic) bond motifs is 5. The average molecular weight is 511 g/mol. The predicted octanol–water partition coefficient (Wildman–Crippen LogP) is 6.53. The van der Waals surface area contributed by atoms with Crippen LogP contribution in [0.15, 0.2) is 11.6 Å². The molecule has 4 rings (SSSR count). The molecular formula is C28H46O6S. The van der Waals surface area contributed by atoms with Crippen molar-refractivity contribution in [2.24, 2.45) is 52.3 Å². The number of allylic oxidation sites excluding steroid dienone is 1. The summed E-state index contributed by atoms with van der Waals surface area (Å²) >= 11 is 0. The lowest BCUT2D eigenvalue weighted by molar-refractivity contribution is -0.143. The summed E-state index contributed by atoms with van der Waals surface area (Å²) in [5.41, 5.74) is 1.75. The number of rotatable bonds is 8. The van der Waals surface area contributed by atoms with Crippen LogP contribution in [0.25, 0.3) is 0 Å². The van der Waals surface area contributed by atoms with E-state index in [4.69, 9.17) is 8.74 Å². The Bertz CT molecular complexity index is 941. The van der Waals surface area contributed by atoms with Crippen LogP contribution >= 0.6 is 0 Å². The average Bonchev–Trinajstić information content (AvgIpc) is 3.09. The molecule has 0 saturated heterocycles. The highest BCUT2D eigenvalue weighted by molar-refractivity contribution is 7.80. The van der Waals surface area contributed by atoms with Gasteiger partial charge in [-0.1, -0.05) is 46.3 Å². The molecule has 0 aromatic rings. The van der Waals surface area contributed by atoms with Gasteiger partial charge in [0.25, 0.3) is 0 Å². The van der Waals surface area contributed by atoms with Crippen molar-refractivity contribution in [3.8, 4) is 0 Å². The minimum atomic E-state index is -4.42. The van der Waals surface area contributed by atoms with Gasteiger partial charge >= 0.3 is 16.4 Å². The fourth-order valence-electron chi connectivity index (χ4n) is 9.24. The normalized spacial score (nSPS) is 40.9. The maximum atomic E-state index is 11.7. The fraction of sp³-hybridized carbons (Fsp3) is 0.893. The summed E-state index contributed by atoms with van der Waals surface area (Å²) in [6.07, 6.45) is 11.9. The van der Waals surface area contributed by atoms with Gasteiger partial charge in [0.05, 0.1) is 12.0 Å². The molecule has 0 aromatic heterocycles.